The van der Waals surface area contributed by atoms with Crippen LogP contribution in [0, 0.1) is 6.92 Å². The molecule has 2 aliphatic heterocycles. The first-order chi connectivity index (χ1) is 10.2. The van der Waals surface area contributed by atoms with E-state index in [1.54, 1.807) is 0 Å². The average Bonchev–Trinajstić information content (AvgIpc) is 3.14. The van der Waals surface area contributed by atoms with Crippen molar-refractivity contribution in [2.24, 2.45) is 0 Å². The minimum atomic E-state index is -0.371. The van der Waals surface area contributed by atoms with Crippen molar-refractivity contribution in [3.05, 3.63) is 47.3 Å². The van der Waals surface area contributed by atoms with Crippen molar-refractivity contribution < 1.29 is 4.79 Å². The number of carbonyl (C=O) groups is 1. The maximum absolute atomic E-state index is 12.5. The third-order valence-corrected chi connectivity index (χ3v) is 4.79. The first-order valence-corrected chi connectivity index (χ1v) is 7.31. The van der Waals surface area contributed by atoms with Crippen LogP contribution in [0.5, 0.6) is 0 Å². The summed E-state index contributed by atoms with van der Waals surface area (Å²) < 4.78 is 0. The topological polar surface area (TPSA) is 61.0 Å². The highest BCUT2D eigenvalue weighted by molar-refractivity contribution is 6.06. The van der Waals surface area contributed by atoms with Crippen molar-refractivity contribution in [1.29, 1.82) is 0 Å². The minimum Gasteiger partial charge on any atom is -0.325 e. The lowest BCUT2D eigenvalue weighted by atomic mass is 9.81. The monoisotopic (exact) mass is 282 g/mol. The van der Waals surface area contributed by atoms with Gasteiger partial charge in [0.2, 0.25) is 5.91 Å². The van der Waals surface area contributed by atoms with Crippen LogP contribution in [-0.4, -0.2) is 34.1 Å². The van der Waals surface area contributed by atoms with Gasteiger partial charge in [0.15, 0.2) is 0 Å². The Morgan fingerprint density at radius 3 is 3.05 bits per heavy atom. The maximum atomic E-state index is 12.5. The van der Waals surface area contributed by atoms with Crippen LogP contribution >= 0.6 is 0 Å². The molecule has 3 heterocycles. The summed E-state index contributed by atoms with van der Waals surface area (Å²) in [5.74, 6) is 0.146. The molecule has 1 aromatic heterocycles. The Bertz CT molecular complexity index is 708. The summed E-state index contributed by atoms with van der Waals surface area (Å²) in [7, 11) is 0. The van der Waals surface area contributed by atoms with Gasteiger partial charge in [0.25, 0.3) is 0 Å². The van der Waals surface area contributed by atoms with Crippen LogP contribution in [0.1, 0.15) is 23.2 Å². The second-order valence-corrected chi connectivity index (χ2v) is 6.07. The molecular formula is C16H18N4O. The first-order valence-electron chi connectivity index (χ1n) is 7.31. The molecule has 1 spiro atoms. The van der Waals surface area contributed by atoms with Gasteiger partial charge in [0.05, 0.1) is 17.3 Å². The maximum Gasteiger partial charge on any atom is 0.236 e. The first kappa shape index (κ1) is 12.6. The van der Waals surface area contributed by atoms with E-state index in [1.165, 1.54) is 5.56 Å². The molecule has 0 aliphatic carbocycles. The molecule has 21 heavy (non-hydrogen) atoms. The number of hydrogen-bond donors (Lipinski definition) is 2. The van der Waals surface area contributed by atoms with Crippen molar-refractivity contribution in [3.63, 3.8) is 0 Å². The number of likely N-dealkylation sites (tertiary alicyclic amines) is 1. The molecule has 4 rings (SSSR count). The predicted molar refractivity (Wildman–Crippen MR) is 80.0 cm³/mol. The Kier molecular flexibility index (Phi) is 2.65. The Morgan fingerprint density at radius 2 is 2.24 bits per heavy atom. The number of aromatic nitrogens is 2. The zero-order valence-corrected chi connectivity index (χ0v) is 12.0. The van der Waals surface area contributed by atoms with Crippen molar-refractivity contribution in [3.8, 4) is 0 Å². The van der Waals surface area contributed by atoms with Crippen LogP contribution < -0.4 is 5.32 Å². The molecule has 1 saturated heterocycles. The summed E-state index contributed by atoms with van der Waals surface area (Å²) in [5.41, 5.74) is 4.07. The second kappa shape index (κ2) is 4.43. The van der Waals surface area contributed by atoms with E-state index in [0.717, 1.165) is 43.0 Å². The molecule has 1 unspecified atom stereocenters. The minimum absolute atomic E-state index is 0.146. The number of aromatic amines is 1. The Morgan fingerprint density at radius 1 is 1.38 bits per heavy atom. The van der Waals surface area contributed by atoms with E-state index < -0.39 is 0 Å². The Hall–Kier alpha value is -2.14. The van der Waals surface area contributed by atoms with E-state index in [0.29, 0.717) is 0 Å². The van der Waals surface area contributed by atoms with Gasteiger partial charge in [0, 0.05) is 25.3 Å². The Balaban J connectivity index is 1.61. The zero-order chi connectivity index (χ0) is 14.4. The van der Waals surface area contributed by atoms with Gasteiger partial charge >= 0.3 is 0 Å². The molecule has 0 bridgehead atoms. The molecule has 2 N–H and O–H groups in total. The molecule has 1 aromatic carbocycles. The highest BCUT2D eigenvalue weighted by atomic mass is 16.2. The lowest BCUT2D eigenvalue weighted by molar-refractivity contribution is -0.120. The van der Waals surface area contributed by atoms with Crippen LogP contribution in [0.4, 0.5) is 5.69 Å². The van der Waals surface area contributed by atoms with Crippen LogP contribution in [-0.2, 0) is 16.8 Å². The van der Waals surface area contributed by atoms with E-state index in [1.807, 2.05) is 24.4 Å². The predicted octanol–water partition coefficient (Wildman–Crippen LogP) is 1.81. The summed E-state index contributed by atoms with van der Waals surface area (Å²) in [6.07, 6.45) is 2.72. The van der Waals surface area contributed by atoms with Crippen LogP contribution in [0.25, 0.3) is 0 Å². The van der Waals surface area contributed by atoms with Crippen molar-refractivity contribution in [2.45, 2.75) is 25.3 Å². The molecule has 108 valence electrons. The van der Waals surface area contributed by atoms with Crippen LogP contribution in [0.3, 0.4) is 0 Å². The number of anilines is 1. The van der Waals surface area contributed by atoms with Crippen molar-refractivity contribution >= 4 is 11.6 Å². The number of nitrogens with zero attached hydrogens (tertiary/aromatic N) is 2. The number of para-hydroxylation sites is 1. The lowest BCUT2D eigenvalue weighted by Gasteiger charge is -2.22. The normalized spacial score (nSPS) is 24.5. The summed E-state index contributed by atoms with van der Waals surface area (Å²) in [5, 5.41) is 10.2. The standard InChI is InChI=1S/C16H18N4O/c1-11-8-17-19-14(11)9-20-7-6-16(10-20)12-4-2-3-5-13(12)18-15(16)21/h2-5,8H,6-7,9-10H2,1H3,(H,17,19)(H,18,21). The molecule has 0 radical (unpaired) electrons. The highest BCUT2D eigenvalue weighted by Gasteiger charge is 2.50. The molecule has 0 saturated carbocycles. The molecule has 2 aliphatic rings. The van der Waals surface area contributed by atoms with Gasteiger partial charge in [-0.05, 0) is 30.5 Å². The summed E-state index contributed by atoms with van der Waals surface area (Å²) in [6, 6.07) is 8.06. The van der Waals surface area contributed by atoms with E-state index in [-0.39, 0.29) is 11.3 Å². The third-order valence-electron chi connectivity index (χ3n) is 4.79. The van der Waals surface area contributed by atoms with Crippen molar-refractivity contribution in [2.75, 3.05) is 18.4 Å². The van der Waals surface area contributed by atoms with Gasteiger partial charge in [-0.25, -0.2) is 0 Å². The van der Waals surface area contributed by atoms with Crippen molar-refractivity contribution in [1.82, 2.24) is 15.1 Å². The molecule has 5 heteroatoms. The molecular weight excluding hydrogens is 264 g/mol. The largest absolute Gasteiger partial charge is 0.325 e. The summed E-state index contributed by atoms with van der Waals surface area (Å²) in [4.78, 5) is 14.8. The number of aryl methyl sites for hydroxylation is 1. The van der Waals surface area contributed by atoms with Gasteiger partial charge in [0.1, 0.15) is 0 Å². The molecule has 1 fully saturated rings. The SMILES string of the molecule is Cc1cn[nH]c1CN1CCC2(C1)C(=O)Nc1ccccc12. The number of hydrogen-bond acceptors (Lipinski definition) is 3. The number of H-pyrrole nitrogens is 1. The number of nitrogens with one attached hydrogen (secondary N) is 2. The van der Waals surface area contributed by atoms with Gasteiger partial charge in [-0.2, -0.15) is 5.10 Å². The number of benzene rings is 1. The van der Waals surface area contributed by atoms with Gasteiger partial charge in [-0.15, -0.1) is 0 Å². The molecule has 1 amide bonds. The highest BCUT2D eigenvalue weighted by Crippen LogP contribution is 2.44. The number of rotatable bonds is 2. The fraction of sp³-hybridized carbons (Fsp3) is 0.375. The molecule has 1 atom stereocenters. The van der Waals surface area contributed by atoms with Crippen LogP contribution in [0.15, 0.2) is 30.5 Å². The lowest BCUT2D eigenvalue weighted by Crippen LogP contribution is -2.37. The average molecular weight is 282 g/mol. The van der Waals surface area contributed by atoms with E-state index in [9.17, 15) is 4.79 Å². The number of amides is 1. The fourth-order valence-corrected chi connectivity index (χ4v) is 3.56. The van der Waals surface area contributed by atoms with E-state index in [2.05, 4.69) is 33.4 Å². The molecule has 5 nitrogen and oxygen atoms in total. The van der Waals surface area contributed by atoms with Gasteiger partial charge < -0.3 is 5.32 Å². The quantitative estimate of drug-likeness (QED) is 0.883. The Labute approximate surface area is 123 Å². The fourth-order valence-electron chi connectivity index (χ4n) is 3.56. The van der Waals surface area contributed by atoms with E-state index >= 15 is 0 Å². The second-order valence-electron chi connectivity index (χ2n) is 6.07. The van der Waals surface area contributed by atoms with Gasteiger partial charge in [-0.1, -0.05) is 18.2 Å². The van der Waals surface area contributed by atoms with Gasteiger partial charge in [-0.3, -0.25) is 14.8 Å². The third kappa shape index (κ3) is 1.81. The van der Waals surface area contributed by atoms with E-state index in [4.69, 9.17) is 0 Å². The summed E-state index contributed by atoms with van der Waals surface area (Å²) in [6.45, 7) is 4.58. The zero-order valence-electron chi connectivity index (χ0n) is 12.0. The number of carbonyl (C=O) groups excluding carboxylic acids is 1. The smallest absolute Gasteiger partial charge is 0.236 e. The summed E-state index contributed by atoms with van der Waals surface area (Å²) >= 11 is 0. The number of fused-ring (bicyclic) bond motifs is 2. The van der Waals surface area contributed by atoms with Crippen LogP contribution in [0.2, 0.25) is 0 Å². The molecule has 2 aromatic rings.